The topological polar surface area (TPSA) is 34.1 Å². The van der Waals surface area contributed by atoms with E-state index in [9.17, 15) is 8.42 Å². The van der Waals surface area contributed by atoms with Crippen LogP contribution in [0.5, 0.6) is 0 Å². The SMILES string of the molecule is Cc1ccc(C(C)CCCS(=O)(=O)C(C)(C)Cl)cc1. The van der Waals surface area contributed by atoms with E-state index in [1.807, 2.05) is 0 Å². The minimum Gasteiger partial charge on any atom is -0.227 e. The first-order valence-corrected chi connectivity index (χ1v) is 8.64. The first-order chi connectivity index (χ1) is 8.63. The molecule has 4 heteroatoms. The normalized spacial score (nSPS) is 14.4. The summed E-state index contributed by atoms with van der Waals surface area (Å²) in [5.41, 5.74) is 2.50. The van der Waals surface area contributed by atoms with Crippen LogP contribution in [0.4, 0.5) is 0 Å². The molecule has 0 aliphatic heterocycles. The van der Waals surface area contributed by atoms with Gasteiger partial charge in [0.25, 0.3) is 0 Å². The molecule has 0 fully saturated rings. The Kier molecular flexibility index (Phi) is 5.45. The van der Waals surface area contributed by atoms with Crippen LogP contribution < -0.4 is 0 Å². The van der Waals surface area contributed by atoms with Crippen molar-refractivity contribution < 1.29 is 8.42 Å². The van der Waals surface area contributed by atoms with E-state index in [0.29, 0.717) is 12.3 Å². The lowest BCUT2D eigenvalue weighted by Gasteiger charge is -2.18. The van der Waals surface area contributed by atoms with Crippen molar-refractivity contribution in [2.45, 2.75) is 50.7 Å². The largest absolute Gasteiger partial charge is 0.227 e. The van der Waals surface area contributed by atoms with E-state index < -0.39 is 14.0 Å². The smallest absolute Gasteiger partial charge is 0.169 e. The van der Waals surface area contributed by atoms with Crippen LogP contribution in [0.1, 0.15) is 50.7 Å². The maximum Gasteiger partial charge on any atom is 0.169 e. The molecule has 0 aliphatic carbocycles. The Morgan fingerprint density at radius 1 is 1.21 bits per heavy atom. The number of benzene rings is 1. The molecular formula is C15H23ClO2S. The molecule has 1 atom stereocenters. The molecule has 0 N–H and O–H groups in total. The molecular weight excluding hydrogens is 280 g/mol. The van der Waals surface area contributed by atoms with Crippen molar-refractivity contribution in [2.75, 3.05) is 5.75 Å². The van der Waals surface area contributed by atoms with Crippen molar-refractivity contribution in [3.63, 3.8) is 0 Å². The van der Waals surface area contributed by atoms with E-state index >= 15 is 0 Å². The fourth-order valence-corrected chi connectivity index (χ4v) is 3.15. The summed E-state index contributed by atoms with van der Waals surface area (Å²) in [6.45, 7) is 7.26. The number of rotatable bonds is 6. The highest BCUT2D eigenvalue weighted by Gasteiger charge is 2.30. The van der Waals surface area contributed by atoms with Gasteiger partial charge in [-0.25, -0.2) is 8.42 Å². The molecule has 0 radical (unpaired) electrons. The van der Waals surface area contributed by atoms with Gasteiger partial charge in [-0.2, -0.15) is 0 Å². The molecule has 0 saturated heterocycles. The molecule has 0 saturated carbocycles. The maximum absolute atomic E-state index is 11.9. The standard InChI is InChI=1S/C15H23ClO2S/c1-12-7-9-14(10-8-12)13(2)6-5-11-19(17,18)15(3,4)16/h7-10,13H,5-6,11H2,1-4H3. The highest BCUT2D eigenvalue weighted by atomic mass is 35.5. The molecule has 108 valence electrons. The molecule has 0 spiro atoms. The highest BCUT2D eigenvalue weighted by Crippen LogP contribution is 2.25. The molecule has 0 bridgehead atoms. The van der Waals surface area contributed by atoms with Crippen LogP contribution in [0, 0.1) is 6.92 Å². The van der Waals surface area contributed by atoms with Crippen molar-refractivity contribution >= 4 is 21.4 Å². The second-order valence-corrected chi connectivity index (χ2v) is 9.46. The predicted molar refractivity (Wildman–Crippen MR) is 82.5 cm³/mol. The highest BCUT2D eigenvalue weighted by molar-refractivity contribution is 7.94. The van der Waals surface area contributed by atoms with E-state index in [2.05, 4.69) is 38.1 Å². The Labute approximate surface area is 122 Å². The van der Waals surface area contributed by atoms with Crippen molar-refractivity contribution in [1.82, 2.24) is 0 Å². The van der Waals surface area contributed by atoms with Crippen LogP contribution in [-0.2, 0) is 9.84 Å². The average molecular weight is 303 g/mol. The lowest BCUT2D eigenvalue weighted by atomic mass is 9.96. The Balaban J connectivity index is 2.52. The van der Waals surface area contributed by atoms with Gasteiger partial charge in [0, 0.05) is 0 Å². The van der Waals surface area contributed by atoms with Crippen LogP contribution in [0.25, 0.3) is 0 Å². The van der Waals surface area contributed by atoms with E-state index in [0.717, 1.165) is 6.42 Å². The van der Waals surface area contributed by atoms with Gasteiger partial charge in [0.1, 0.15) is 4.21 Å². The van der Waals surface area contributed by atoms with Gasteiger partial charge in [0.2, 0.25) is 0 Å². The third kappa shape index (κ3) is 4.81. The first kappa shape index (κ1) is 16.5. The molecule has 1 rings (SSSR count). The molecule has 2 nitrogen and oxygen atoms in total. The van der Waals surface area contributed by atoms with Crippen LogP contribution in [0.3, 0.4) is 0 Å². The molecule has 0 aromatic heterocycles. The zero-order valence-corrected chi connectivity index (χ0v) is 13.7. The van der Waals surface area contributed by atoms with Gasteiger partial charge in [-0.05, 0) is 45.1 Å². The van der Waals surface area contributed by atoms with E-state index in [-0.39, 0.29) is 5.75 Å². The quantitative estimate of drug-likeness (QED) is 0.735. The molecule has 0 heterocycles. The molecule has 1 aromatic rings. The van der Waals surface area contributed by atoms with Gasteiger partial charge in [-0.1, -0.05) is 36.8 Å². The van der Waals surface area contributed by atoms with Crippen molar-refractivity contribution in [2.24, 2.45) is 0 Å². The Morgan fingerprint density at radius 2 is 1.74 bits per heavy atom. The van der Waals surface area contributed by atoms with Crippen molar-refractivity contribution in [3.05, 3.63) is 35.4 Å². The summed E-state index contributed by atoms with van der Waals surface area (Å²) in [5.74, 6) is 0.522. The number of aryl methyl sites for hydroxylation is 1. The van der Waals surface area contributed by atoms with Crippen LogP contribution in [-0.4, -0.2) is 18.4 Å². The fourth-order valence-electron chi connectivity index (χ4n) is 1.88. The maximum atomic E-state index is 11.9. The third-order valence-electron chi connectivity index (χ3n) is 3.44. The predicted octanol–water partition coefficient (Wildman–Crippen LogP) is 4.27. The first-order valence-electron chi connectivity index (χ1n) is 6.61. The van der Waals surface area contributed by atoms with E-state index in [4.69, 9.17) is 11.6 Å². The van der Waals surface area contributed by atoms with Gasteiger partial charge >= 0.3 is 0 Å². The molecule has 1 unspecified atom stereocenters. The fraction of sp³-hybridized carbons (Fsp3) is 0.600. The average Bonchev–Trinajstić information content (AvgIpc) is 2.28. The zero-order valence-electron chi connectivity index (χ0n) is 12.1. The third-order valence-corrected chi connectivity index (χ3v) is 6.45. The summed E-state index contributed by atoms with van der Waals surface area (Å²) in [6, 6.07) is 8.40. The van der Waals surface area contributed by atoms with E-state index in [1.54, 1.807) is 0 Å². The molecule has 19 heavy (non-hydrogen) atoms. The summed E-state index contributed by atoms with van der Waals surface area (Å²) >= 11 is 5.89. The van der Waals surface area contributed by atoms with Gasteiger partial charge < -0.3 is 0 Å². The monoisotopic (exact) mass is 302 g/mol. The van der Waals surface area contributed by atoms with Crippen LogP contribution in [0.2, 0.25) is 0 Å². The molecule has 0 aliphatic rings. The lowest BCUT2D eigenvalue weighted by Crippen LogP contribution is -2.27. The second kappa shape index (κ2) is 6.27. The summed E-state index contributed by atoms with van der Waals surface area (Å²) in [6.07, 6.45) is 1.50. The number of alkyl halides is 1. The van der Waals surface area contributed by atoms with Gasteiger partial charge in [-0.3, -0.25) is 0 Å². The summed E-state index contributed by atoms with van der Waals surface area (Å²) in [5, 5.41) is 0. The Morgan fingerprint density at radius 3 is 2.21 bits per heavy atom. The second-order valence-electron chi connectivity index (χ2n) is 5.64. The van der Waals surface area contributed by atoms with Crippen LogP contribution in [0.15, 0.2) is 24.3 Å². The molecule has 1 aromatic carbocycles. The summed E-state index contributed by atoms with van der Waals surface area (Å²) < 4.78 is 22.6. The Bertz CT molecular complexity index is 498. The molecule has 0 amide bonds. The Hall–Kier alpha value is -0.540. The van der Waals surface area contributed by atoms with Gasteiger partial charge in [0.05, 0.1) is 5.75 Å². The minimum absolute atomic E-state index is 0.152. The zero-order chi connectivity index (χ0) is 14.7. The van der Waals surface area contributed by atoms with Crippen molar-refractivity contribution in [1.29, 1.82) is 0 Å². The number of hydrogen-bond acceptors (Lipinski definition) is 2. The van der Waals surface area contributed by atoms with Crippen molar-refractivity contribution in [3.8, 4) is 0 Å². The number of sulfone groups is 1. The number of halogens is 1. The lowest BCUT2D eigenvalue weighted by molar-refractivity contribution is 0.572. The minimum atomic E-state index is -3.22. The number of hydrogen-bond donors (Lipinski definition) is 0. The van der Waals surface area contributed by atoms with Gasteiger partial charge in [-0.15, -0.1) is 11.6 Å². The summed E-state index contributed by atoms with van der Waals surface area (Å²) in [7, 11) is -3.22. The van der Waals surface area contributed by atoms with Crippen LogP contribution >= 0.6 is 11.6 Å². The van der Waals surface area contributed by atoms with E-state index in [1.165, 1.54) is 25.0 Å². The van der Waals surface area contributed by atoms with Gasteiger partial charge in [0.15, 0.2) is 9.84 Å². The summed E-state index contributed by atoms with van der Waals surface area (Å²) in [4.78, 5) is 0.